The van der Waals surface area contributed by atoms with E-state index in [0.29, 0.717) is 6.04 Å². The number of nitrogens with one attached hydrogen (secondary N) is 1. The Labute approximate surface area is 147 Å². The minimum atomic E-state index is 0.405. The van der Waals surface area contributed by atoms with E-state index in [1.807, 2.05) is 0 Å². The Morgan fingerprint density at radius 2 is 1.67 bits per heavy atom. The molecular formula is C22H31NO. The lowest BCUT2D eigenvalue weighted by atomic mass is 10.0. The molecule has 0 saturated carbocycles. The van der Waals surface area contributed by atoms with Crippen LogP contribution in [0.15, 0.2) is 54.6 Å². The maximum atomic E-state index is 5.80. The standard InChI is InChI=1S/C22H31NO/c1-3-5-9-18-24-21-14-12-20(13-15-21)22(4-2)23-17-16-19-10-7-6-8-11-19/h6-8,10-15,22-23H,3-5,9,16-18H2,1-2H3. The van der Waals surface area contributed by atoms with Crippen LogP contribution in [0.25, 0.3) is 0 Å². The van der Waals surface area contributed by atoms with Crippen LogP contribution in [-0.2, 0) is 6.42 Å². The molecule has 1 N–H and O–H groups in total. The van der Waals surface area contributed by atoms with Gasteiger partial charge in [0.15, 0.2) is 0 Å². The molecule has 0 saturated heterocycles. The fourth-order valence-electron chi connectivity index (χ4n) is 2.87. The molecule has 0 amide bonds. The van der Waals surface area contributed by atoms with E-state index in [1.165, 1.54) is 24.0 Å². The van der Waals surface area contributed by atoms with Crippen LogP contribution in [0.1, 0.15) is 56.7 Å². The van der Waals surface area contributed by atoms with Crippen molar-refractivity contribution in [2.75, 3.05) is 13.2 Å². The zero-order chi connectivity index (χ0) is 17.0. The summed E-state index contributed by atoms with van der Waals surface area (Å²) in [7, 11) is 0. The van der Waals surface area contributed by atoms with E-state index in [4.69, 9.17) is 4.74 Å². The van der Waals surface area contributed by atoms with E-state index in [9.17, 15) is 0 Å². The lowest BCUT2D eigenvalue weighted by Gasteiger charge is -2.18. The van der Waals surface area contributed by atoms with E-state index < -0.39 is 0 Å². The molecular weight excluding hydrogens is 294 g/mol. The Morgan fingerprint density at radius 1 is 0.917 bits per heavy atom. The first-order chi connectivity index (χ1) is 11.8. The highest BCUT2D eigenvalue weighted by atomic mass is 16.5. The van der Waals surface area contributed by atoms with Crippen LogP contribution in [-0.4, -0.2) is 13.2 Å². The molecule has 2 aromatic carbocycles. The van der Waals surface area contributed by atoms with Crippen molar-refractivity contribution in [2.24, 2.45) is 0 Å². The fourth-order valence-corrected chi connectivity index (χ4v) is 2.87. The second kappa shape index (κ2) is 10.9. The quantitative estimate of drug-likeness (QED) is 0.548. The van der Waals surface area contributed by atoms with Crippen LogP contribution >= 0.6 is 0 Å². The van der Waals surface area contributed by atoms with Crippen molar-refractivity contribution in [2.45, 2.75) is 52.0 Å². The van der Waals surface area contributed by atoms with Crippen molar-refractivity contribution < 1.29 is 4.74 Å². The molecule has 1 atom stereocenters. The molecule has 2 heteroatoms. The Balaban J connectivity index is 1.79. The molecule has 0 aliphatic heterocycles. The molecule has 0 aliphatic rings. The van der Waals surface area contributed by atoms with Crippen LogP contribution < -0.4 is 10.1 Å². The molecule has 24 heavy (non-hydrogen) atoms. The fraction of sp³-hybridized carbons (Fsp3) is 0.455. The van der Waals surface area contributed by atoms with Crippen molar-refractivity contribution in [3.63, 3.8) is 0 Å². The van der Waals surface area contributed by atoms with Crippen LogP contribution in [0.3, 0.4) is 0 Å². The molecule has 0 spiro atoms. The molecule has 0 aromatic heterocycles. The second-order valence-electron chi connectivity index (χ2n) is 6.28. The van der Waals surface area contributed by atoms with Gasteiger partial charge < -0.3 is 10.1 Å². The smallest absolute Gasteiger partial charge is 0.119 e. The van der Waals surface area contributed by atoms with E-state index in [2.05, 4.69) is 73.8 Å². The number of ether oxygens (including phenoxy) is 1. The molecule has 0 aliphatic carbocycles. The van der Waals surface area contributed by atoms with Crippen LogP contribution in [0.5, 0.6) is 5.75 Å². The first kappa shape index (κ1) is 18.5. The van der Waals surface area contributed by atoms with Gasteiger partial charge in [-0.25, -0.2) is 0 Å². The second-order valence-corrected chi connectivity index (χ2v) is 6.28. The molecule has 2 aromatic rings. The molecule has 0 bridgehead atoms. The average molecular weight is 325 g/mol. The van der Waals surface area contributed by atoms with Crippen molar-refractivity contribution >= 4 is 0 Å². The van der Waals surface area contributed by atoms with Gasteiger partial charge in [0.1, 0.15) is 5.75 Å². The minimum Gasteiger partial charge on any atom is -0.494 e. The van der Waals surface area contributed by atoms with Gasteiger partial charge in [0.25, 0.3) is 0 Å². The van der Waals surface area contributed by atoms with Gasteiger partial charge in [-0.15, -0.1) is 0 Å². The lowest BCUT2D eigenvalue weighted by Crippen LogP contribution is -2.23. The minimum absolute atomic E-state index is 0.405. The maximum absolute atomic E-state index is 5.80. The van der Waals surface area contributed by atoms with Crippen molar-refractivity contribution in [1.82, 2.24) is 5.32 Å². The lowest BCUT2D eigenvalue weighted by molar-refractivity contribution is 0.306. The molecule has 130 valence electrons. The van der Waals surface area contributed by atoms with E-state index in [1.54, 1.807) is 0 Å². The number of hydrogen-bond donors (Lipinski definition) is 1. The third kappa shape index (κ3) is 6.37. The number of hydrogen-bond acceptors (Lipinski definition) is 2. The van der Waals surface area contributed by atoms with Crippen molar-refractivity contribution in [3.8, 4) is 5.75 Å². The van der Waals surface area contributed by atoms with E-state index >= 15 is 0 Å². The first-order valence-corrected chi connectivity index (χ1v) is 9.33. The normalized spacial score (nSPS) is 12.1. The number of benzene rings is 2. The molecule has 1 unspecified atom stereocenters. The van der Waals surface area contributed by atoms with Gasteiger partial charge in [-0.1, -0.05) is 69.2 Å². The van der Waals surface area contributed by atoms with Gasteiger partial charge in [0, 0.05) is 6.04 Å². The highest BCUT2D eigenvalue weighted by molar-refractivity contribution is 5.29. The zero-order valence-electron chi connectivity index (χ0n) is 15.1. The Kier molecular flexibility index (Phi) is 8.40. The summed E-state index contributed by atoms with van der Waals surface area (Å²) in [5.41, 5.74) is 2.72. The van der Waals surface area contributed by atoms with Crippen molar-refractivity contribution in [3.05, 3.63) is 65.7 Å². The molecule has 2 rings (SSSR count). The van der Waals surface area contributed by atoms with Crippen LogP contribution in [0.4, 0.5) is 0 Å². The van der Waals surface area contributed by atoms with Gasteiger partial charge in [0.2, 0.25) is 0 Å². The van der Waals surface area contributed by atoms with Crippen LogP contribution in [0, 0.1) is 0 Å². The summed E-state index contributed by atoms with van der Waals surface area (Å²) in [5, 5.41) is 3.67. The summed E-state index contributed by atoms with van der Waals surface area (Å²) in [6.45, 7) is 6.26. The van der Waals surface area contributed by atoms with Crippen molar-refractivity contribution in [1.29, 1.82) is 0 Å². The van der Waals surface area contributed by atoms with Gasteiger partial charge in [-0.05, 0) is 49.1 Å². The maximum Gasteiger partial charge on any atom is 0.119 e. The van der Waals surface area contributed by atoms with Gasteiger partial charge >= 0.3 is 0 Å². The summed E-state index contributed by atoms with van der Waals surface area (Å²) in [6, 6.07) is 19.6. The monoisotopic (exact) mass is 325 g/mol. The van der Waals surface area contributed by atoms with E-state index in [0.717, 1.165) is 38.2 Å². The SMILES string of the molecule is CCCCCOc1ccc(C(CC)NCCc2ccccc2)cc1. The topological polar surface area (TPSA) is 21.3 Å². The Bertz CT molecular complexity index is 550. The summed E-state index contributed by atoms with van der Waals surface area (Å²) in [4.78, 5) is 0. The highest BCUT2D eigenvalue weighted by Gasteiger charge is 2.08. The summed E-state index contributed by atoms with van der Waals surface area (Å²) in [5.74, 6) is 0.981. The molecule has 0 heterocycles. The van der Waals surface area contributed by atoms with Crippen LogP contribution in [0.2, 0.25) is 0 Å². The number of unbranched alkanes of at least 4 members (excludes halogenated alkanes) is 2. The summed E-state index contributed by atoms with van der Waals surface area (Å²) >= 11 is 0. The Morgan fingerprint density at radius 3 is 2.33 bits per heavy atom. The first-order valence-electron chi connectivity index (χ1n) is 9.33. The summed E-state index contributed by atoms with van der Waals surface area (Å²) in [6.07, 6.45) is 5.76. The molecule has 0 radical (unpaired) electrons. The predicted octanol–water partition coefficient (Wildman–Crippen LogP) is 5.54. The predicted molar refractivity (Wildman–Crippen MR) is 103 cm³/mol. The van der Waals surface area contributed by atoms with Gasteiger partial charge in [-0.3, -0.25) is 0 Å². The summed E-state index contributed by atoms with van der Waals surface area (Å²) < 4.78 is 5.80. The third-order valence-electron chi connectivity index (χ3n) is 4.35. The van der Waals surface area contributed by atoms with Gasteiger partial charge in [0.05, 0.1) is 6.61 Å². The molecule has 2 nitrogen and oxygen atoms in total. The highest BCUT2D eigenvalue weighted by Crippen LogP contribution is 2.20. The Hall–Kier alpha value is -1.80. The third-order valence-corrected chi connectivity index (χ3v) is 4.35. The zero-order valence-corrected chi connectivity index (χ0v) is 15.1. The number of rotatable bonds is 11. The van der Waals surface area contributed by atoms with E-state index in [-0.39, 0.29) is 0 Å². The van der Waals surface area contributed by atoms with Gasteiger partial charge in [-0.2, -0.15) is 0 Å². The molecule has 0 fully saturated rings. The average Bonchev–Trinajstić information content (AvgIpc) is 2.64. The largest absolute Gasteiger partial charge is 0.494 e.